The first kappa shape index (κ1) is 33.2. The zero-order valence-corrected chi connectivity index (χ0v) is 40.8. The van der Waals surface area contributed by atoms with Gasteiger partial charge in [0.15, 0.2) is 0 Å². The molecule has 8 heteroatoms. The van der Waals surface area contributed by atoms with Crippen LogP contribution in [0.4, 0.5) is 0 Å². The molecular weight excluding hydrogens is 1050 g/mol. The number of hydrogen-bond donors (Lipinski definition) is 0. The number of rotatable bonds is 8. The van der Waals surface area contributed by atoms with E-state index < -0.39 is 60.4 Å². The number of nitrogens with zero attached hydrogens (tertiary/aromatic N) is 6. The Morgan fingerprint density at radius 1 is 0.465 bits per heavy atom. The van der Waals surface area contributed by atoms with Gasteiger partial charge >= 0.3 is 381 Å². The molecule has 0 bridgehead atoms. The van der Waals surface area contributed by atoms with Gasteiger partial charge in [-0.2, -0.15) is 0 Å². The Morgan fingerprint density at radius 3 is 1.73 bits per heavy atom. The molecule has 0 saturated carbocycles. The molecule has 344 valence electrons. The molecule has 7 nitrogen and oxygen atoms in total. The van der Waals surface area contributed by atoms with Crippen molar-refractivity contribution in [1.82, 2.24) is 28.2 Å². The van der Waals surface area contributed by atoms with Gasteiger partial charge in [0.1, 0.15) is 0 Å². The Morgan fingerprint density at radius 2 is 1.07 bits per heavy atom. The summed E-state index contributed by atoms with van der Waals surface area (Å²) in [4.78, 5) is 9.62. The van der Waals surface area contributed by atoms with Gasteiger partial charge in [-0.25, -0.2) is 0 Å². The number of para-hydroxylation sites is 4. The minimum atomic E-state index is -0.581. The summed E-state index contributed by atoms with van der Waals surface area (Å²) in [5.41, 5.74) is 7.81. The first-order chi connectivity index (χ1) is 38.9. The van der Waals surface area contributed by atoms with Crippen LogP contribution in [0.1, 0.15) is 40.0 Å². The Balaban J connectivity index is 1.07. The van der Waals surface area contributed by atoms with Crippen LogP contribution in [-0.2, 0) is 24.8 Å². The monoisotopic (exact) mass is 1110 g/mol. The van der Waals surface area contributed by atoms with Crippen molar-refractivity contribution in [3.05, 3.63) is 234 Å². The average Bonchev–Trinajstić information content (AvgIpc) is 3.57. The maximum absolute atomic E-state index is 9.55. The summed E-state index contributed by atoms with van der Waals surface area (Å²) >= 11 is 2.20. The van der Waals surface area contributed by atoms with Crippen molar-refractivity contribution in [2.24, 2.45) is 0 Å². The van der Waals surface area contributed by atoms with E-state index in [1.165, 1.54) is 0 Å². The van der Waals surface area contributed by atoms with E-state index in [2.05, 4.69) is 50.8 Å². The number of benzene rings is 8. The maximum atomic E-state index is 9.55. The fourth-order valence-corrected chi connectivity index (χ4v) is 11.0. The van der Waals surface area contributed by atoms with Crippen molar-refractivity contribution in [3.63, 3.8) is 0 Å². The summed E-state index contributed by atoms with van der Waals surface area (Å²) in [6, 6.07) is 43.0. The molecule has 0 aliphatic carbocycles. The molecule has 0 saturated heterocycles. The number of pyridine rings is 2. The quantitative estimate of drug-likeness (QED) is 0.152. The summed E-state index contributed by atoms with van der Waals surface area (Å²) < 4.78 is 107. The van der Waals surface area contributed by atoms with Crippen LogP contribution in [0.5, 0.6) is 11.5 Å². The summed E-state index contributed by atoms with van der Waals surface area (Å²) in [7, 11) is 0. The van der Waals surface area contributed by atoms with E-state index >= 15 is 0 Å². The van der Waals surface area contributed by atoms with Crippen molar-refractivity contribution in [2.75, 3.05) is 0 Å². The van der Waals surface area contributed by atoms with Crippen LogP contribution in [0.2, 0.25) is 0 Å². The third kappa shape index (κ3) is 7.18. The second-order valence-electron chi connectivity index (χ2n) is 18.3. The molecule has 0 unspecified atom stereocenters. The summed E-state index contributed by atoms with van der Waals surface area (Å²) in [6.07, 6.45) is 3.62. The standard InChI is InChI=1S/C63H46N6O.Pt/c1-63(2,3)44-33-35-64-60(36-44)69-58-30-17-34-65-61(58)51-32-31-48(40-59(51)69)70-47-23-16-22-45(37-47)66-41-67(57-29-15-14-28-56(57)66)62-52(42-18-6-4-7-19-42)38-46(39-53(62)43-20-8-5-9-21-43)68-54-26-12-10-24-49(54)50-25-11-13-27-55(50)68;/h4-40H,1-3H3;/i4D,5D,6D,7D,8D,9D,18D,19D,20D,21D;. The first-order valence-corrected chi connectivity index (χ1v) is 24.2. The Bertz CT molecular complexity index is 4700. The molecule has 0 spiro atoms. The predicted octanol–water partition coefficient (Wildman–Crippen LogP) is 15.9. The number of hydrogen-bond acceptors (Lipinski definition) is 3. The van der Waals surface area contributed by atoms with Crippen LogP contribution in [0.25, 0.3) is 99.9 Å². The number of aromatic nitrogens is 6. The molecule has 0 aliphatic heterocycles. The van der Waals surface area contributed by atoms with Gasteiger partial charge in [0.2, 0.25) is 0 Å². The second-order valence-corrected chi connectivity index (χ2v) is 19.3. The van der Waals surface area contributed by atoms with Gasteiger partial charge in [-0.05, 0) is 23.1 Å². The topological polar surface area (TPSA) is 54.7 Å². The van der Waals surface area contributed by atoms with Crippen molar-refractivity contribution >= 4 is 54.8 Å². The van der Waals surface area contributed by atoms with Gasteiger partial charge in [-0.1, -0.05) is 20.8 Å². The molecule has 0 atom stereocenters. The molecule has 0 aliphatic rings. The molecule has 0 radical (unpaired) electrons. The van der Waals surface area contributed by atoms with Crippen LogP contribution in [0.3, 0.4) is 0 Å². The molecule has 5 aromatic heterocycles. The summed E-state index contributed by atoms with van der Waals surface area (Å²) in [5.74, 6) is 1.83. The zero-order valence-electron chi connectivity index (χ0n) is 48.5. The number of imidazole rings is 1. The van der Waals surface area contributed by atoms with Gasteiger partial charge < -0.3 is 0 Å². The van der Waals surface area contributed by atoms with Gasteiger partial charge in [0, 0.05) is 12.4 Å². The summed E-state index contributed by atoms with van der Waals surface area (Å²) in [6.45, 7) is 6.52. The van der Waals surface area contributed by atoms with Crippen LogP contribution < -0.4 is 4.74 Å². The van der Waals surface area contributed by atoms with Crippen LogP contribution >= 0.6 is 0 Å². The van der Waals surface area contributed by atoms with Crippen molar-refractivity contribution in [2.45, 2.75) is 26.2 Å². The van der Waals surface area contributed by atoms with Crippen molar-refractivity contribution < 1.29 is 37.8 Å². The normalized spacial score (nSPS) is 13.9. The predicted molar refractivity (Wildman–Crippen MR) is 286 cm³/mol. The third-order valence-electron chi connectivity index (χ3n) is 13.0. The number of fused-ring (bicyclic) bond motifs is 7. The molecule has 8 aromatic carbocycles. The average molecular weight is 1110 g/mol. The van der Waals surface area contributed by atoms with E-state index in [1.54, 1.807) is 18.3 Å². The van der Waals surface area contributed by atoms with Crippen LogP contribution in [0.15, 0.2) is 224 Å². The van der Waals surface area contributed by atoms with E-state index in [4.69, 9.17) is 22.9 Å². The zero-order chi connectivity index (χ0) is 56.5. The van der Waals surface area contributed by atoms with E-state index in [1.807, 2.05) is 153 Å². The second kappa shape index (κ2) is 16.9. The van der Waals surface area contributed by atoms with Gasteiger partial charge in [0.05, 0.1) is 0 Å². The molecular formula is C63H46N6OPt. The molecule has 0 fully saturated rings. The Hall–Kier alpha value is -8.38. The van der Waals surface area contributed by atoms with Gasteiger partial charge in [0.25, 0.3) is 0 Å². The van der Waals surface area contributed by atoms with E-state index in [9.17, 15) is 5.48 Å². The van der Waals surface area contributed by atoms with Crippen LogP contribution in [-0.4, -0.2) is 28.2 Å². The Labute approximate surface area is 435 Å². The summed E-state index contributed by atoms with van der Waals surface area (Å²) in [5, 5.41) is 2.77. The molecule has 71 heavy (non-hydrogen) atoms. The molecule has 0 amide bonds. The third-order valence-corrected chi connectivity index (χ3v) is 14.1. The SMILES string of the molecule is [2H]c1c([2H])c([2H])c(-c2cc(-n3c4ccccc4c4ccccc43)cc(-c3c([2H])c([2H])c([2H])c([2H])c3[2H])c2-n2[c](=[Pt])n(-c3cccc(Oc4ccc5c6ncccc6n(-c6cc(C(C)(C)C)ccn6)c5c4)c3)c3ccccc32)c([2H])c1[2H]. The molecule has 5 heterocycles. The molecule has 13 rings (SSSR count). The number of ether oxygens (including phenoxy) is 1. The van der Waals surface area contributed by atoms with Crippen LogP contribution in [0, 0.1) is 3.80 Å². The van der Waals surface area contributed by atoms with E-state index in [-0.39, 0.29) is 33.4 Å². The Kier molecular flexibility index (Phi) is 7.92. The van der Waals surface area contributed by atoms with E-state index in [0.717, 1.165) is 55.1 Å². The minimum absolute atomic E-state index is 0.117. The molecule has 13 aromatic rings. The fourth-order valence-electron chi connectivity index (χ4n) is 9.86. The van der Waals surface area contributed by atoms with Crippen molar-refractivity contribution in [1.29, 1.82) is 0 Å². The van der Waals surface area contributed by atoms with Gasteiger partial charge in [-0.15, -0.1) is 0 Å². The van der Waals surface area contributed by atoms with Gasteiger partial charge in [-0.3, -0.25) is 0 Å². The van der Waals surface area contributed by atoms with E-state index in [0.29, 0.717) is 37.7 Å². The first-order valence-electron chi connectivity index (χ1n) is 28.1. The molecule has 0 N–H and O–H groups in total. The fraction of sp³-hybridized carbons (Fsp3) is 0.0635. The van der Waals surface area contributed by atoms with Crippen molar-refractivity contribution in [3.8, 4) is 56.6 Å².